The van der Waals surface area contributed by atoms with E-state index in [1.165, 1.54) is 31.3 Å². The third-order valence-electron chi connectivity index (χ3n) is 4.39. The number of nitrogens with one attached hydrogen (secondary N) is 1. The number of methoxy groups -OCH3 is 1. The largest absolute Gasteiger partial charge is 0.381 e. The molecule has 0 aromatic rings. The molecule has 4 heteroatoms. The summed E-state index contributed by atoms with van der Waals surface area (Å²) in [4.78, 5) is 0. The van der Waals surface area contributed by atoms with Gasteiger partial charge in [-0.15, -0.1) is 0 Å². The van der Waals surface area contributed by atoms with Crippen LogP contribution in [-0.4, -0.2) is 32.0 Å². The van der Waals surface area contributed by atoms with Gasteiger partial charge in [-0.25, -0.2) is 0 Å². The summed E-state index contributed by atoms with van der Waals surface area (Å²) in [5.41, 5.74) is 4.25. The number of nitrogens with two attached hydrogens (primary N) is 1. The van der Waals surface area contributed by atoms with Crippen LogP contribution in [0.3, 0.4) is 0 Å². The quantitative estimate of drug-likeness (QED) is 0.457. The molecule has 0 spiro atoms. The van der Waals surface area contributed by atoms with Crippen molar-refractivity contribution >= 4 is 0 Å². The summed E-state index contributed by atoms with van der Waals surface area (Å²) in [5.74, 6) is 5.83. The summed E-state index contributed by atoms with van der Waals surface area (Å²) < 4.78 is 11.3. The topological polar surface area (TPSA) is 56.5 Å². The van der Waals surface area contributed by atoms with Crippen molar-refractivity contribution < 1.29 is 9.47 Å². The molecule has 1 aliphatic heterocycles. The van der Waals surface area contributed by atoms with Crippen LogP contribution in [0.1, 0.15) is 44.9 Å². The van der Waals surface area contributed by atoms with Gasteiger partial charge in [0.25, 0.3) is 0 Å². The van der Waals surface area contributed by atoms with E-state index in [1.54, 1.807) is 7.11 Å². The van der Waals surface area contributed by atoms with Gasteiger partial charge in [0.15, 0.2) is 0 Å². The van der Waals surface area contributed by atoms with E-state index in [4.69, 9.17) is 15.3 Å². The number of allylic oxidation sites excluding steroid dienone is 1. The maximum absolute atomic E-state index is 5.86. The molecule has 0 amide bonds. The Kier molecular flexibility index (Phi) is 5.18. The van der Waals surface area contributed by atoms with Crippen molar-refractivity contribution in [3.05, 3.63) is 11.6 Å². The van der Waals surface area contributed by atoms with Gasteiger partial charge >= 0.3 is 0 Å². The van der Waals surface area contributed by atoms with E-state index in [0.717, 1.165) is 32.5 Å². The fourth-order valence-corrected chi connectivity index (χ4v) is 3.23. The maximum Gasteiger partial charge on any atom is 0.0925 e. The third-order valence-corrected chi connectivity index (χ3v) is 4.39. The smallest absolute Gasteiger partial charge is 0.0925 e. The molecule has 1 unspecified atom stereocenters. The van der Waals surface area contributed by atoms with Crippen LogP contribution in [0.5, 0.6) is 0 Å². The highest BCUT2D eigenvalue weighted by Gasteiger charge is 2.41. The average molecular weight is 254 g/mol. The minimum Gasteiger partial charge on any atom is -0.381 e. The van der Waals surface area contributed by atoms with Crippen LogP contribution in [0.4, 0.5) is 0 Å². The van der Waals surface area contributed by atoms with Crippen LogP contribution in [0, 0.1) is 0 Å². The molecule has 0 aromatic carbocycles. The van der Waals surface area contributed by atoms with E-state index in [9.17, 15) is 0 Å². The lowest BCUT2D eigenvalue weighted by Crippen LogP contribution is -2.57. The Morgan fingerprint density at radius 3 is 2.78 bits per heavy atom. The first-order valence-corrected chi connectivity index (χ1v) is 7.10. The van der Waals surface area contributed by atoms with Crippen LogP contribution in [0.25, 0.3) is 0 Å². The van der Waals surface area contributed by atoms with Crippen molar-refractivity contribution in [3.8, 4) is 0 Å². The van der Waals surface area contributed by atoms with E-state index in [2.05, 4.69) is 11.5 Å². The van der Waals surface area contributed by atoms with Gasteiger partial charge in [-0.2, -0.15) is 0 Å². The summed E-state index contributed by atoms with van der Waals surface area (Å²) in [7, 11) is 1.80. The molecule has 1 atom stereocenters. The molecule has 1 aliphatic carbocycles. The van der Waals surface area contributed by atoms with Crippen molar-refractivity contribution in [1.82, 2.24) is 5.43 Å². The van der Waals surface area contributed by atoms with Gasteiger partial charge in [0, 0.05) is 33.2 Å². The molecule has 0 aromatic heterocycles. The number of hydrogen-bond acceptors (Lipinski definition) is 4. The normalized spacial score (nSPS) is 26.2. The summed E-state index contributed by atoms with van der Waals surface area (Å²) in [5, 5.41) is 0. The number of hydrogen-bond donors (Lipinski definition) is 2. The fraction of sp³-hybridized carbons (Fsp3) is 0.857. The van der Waals surface area contributed by atoms with Crippen LogP contribution in [-0.2, 0) is 9.47 Å². The summed E-state index contributed by atoms with van der Waals surface area (Å²) in [6, 6.07) is 0.129. The highest BCUT2D eigenvalue weighted by Crippen LogP contribution is 2.34. The molecule has 18 heavy (non-hydrogen) atoms. The minimum absolute atomic E-state index is 0.129. The first-order valence-electron chi connectivity index (χ1n) is 7.10. The molecule has 2 aliphatic rings. The minimum atomic E-state index is -0.191. The molecule has 1 fully saturated rings. The monoisotopic (exact) mass is 254 g/mol. The van der Waals surface area contributed by atoms with Crippen LogP contribution >= 0.6 is 0 Å². The second-order valence-corrected chi connectivity index (χ2v) is 5.36. The van der Waals surface area contributed by atoms with Gasteiger partial charge in [0.2, 0.25) is 0 Å². The Bertz CT molecular complexity index is 286. The van der Waals surface area contributed by atoms with E-state index in [1.807, 2.05) is 0 Å². The second-order valence-electron chi connectivity index (χ2n) is 5.36. The van der Waals surface area contributed by atoms with E-state index < -0.39 is 0 Å². The Balaban J connectivity index is 2.16. The number of rotatable bonds is 4. The molecule has 0 bridgehead atoms. The van der Waals surface area contributed by atoms with Crippen molar-refractivity contribution in [2.24, 2.45) is 5.84 Å². The van der Waals surface area contributed by atoms with Gasteiger partial charge < -0.3 is 9.47 Å². The molecule has 0 saturated carbocycles. The summed E-state index contributed by atoms with van der Waals surface area (Å²) in [6.07, 6.45) is 10.4. The standard InChI is InChI=1S/C14H26N2O2/c1-17-14(8-10-18-11-9-14)13(16-15)12-6-4-2-3-5-7-12/h6,13,16H,2-5,7-11,15H2,1H3. The van der Waals surface area contributed by atoms with Gasteiger partial charge in [0.05, 0.1) is 11.6 Å². The van der Waals surface area contributed by atoms with Crippen molar-refractivity contribution in [2.45, 2.75) is 56.6 Å². The molecule has 0 radical (unpaired) electrons. The zero-order chi connectivity index (χ0) is 12.8. The lowest BCUT2D eigenvalue weighted by atomic mass is 9.81. The zero-order valence-corrected chi connectivity index (χ0v) is 11.4. The zero-order valence-electron chi connectivity index (χ0n) is 11.4. The molecular weight excluding hydrogens is 228 g/mol. The number of hydrazine groups is 1. The van der Waals surface area contributed by atoms with Crippen LogP contribution < -0.4 is 11.3 Å². The third kappa shape index (κ3) is 2.94. The van der Waals surface area contributed by atoms with Crippen molar-refractivity contribution in [2.75, 3.05) is 20.3 Å². The summed E-state index contributed by atoms with van der Waals surface area (Å²) >= 11 is 0. The van der Waals surface area contributed by atoms with E-state index >= 15 is 0 Å². The van der Waals surface area contributed by atoms with Crippen LogP contribution in [0.15, 0.2) is 11.6 Å². The summed E-state index contributed by atoms with van der Waals surface area (Å²) in [6.45, 7) is 1.53. The van der Waals surface area contributed by atoms with Gasteiger partial charge in [-0.3, -0.25) is 11.3 Å². The molecule has 1 heterocycles. The average Bonchev–Trinajstić information content (AvgIpc) is 2.70. The highest BCUT2D eigenvalue weighted by atomic mass is 16.5. The van der Waals surface area contributed by atoms with E-state index in [-0.39, 0.29) is 11.6 Å². The van der Waals surface area contributed by atoms with Gasteiger partial charge in [0.1, 0.15) is 0 Å². The first-order chi connectivity index (χ1) is 8.82. The fourth-order valence-electron chi connectivity index (χ4n) is 3.23. The lowest BCUT2D eigenvalue weighted by molar-refractivity contribution is -0.104. The van der Waals surface area contributed by atoms with Crippen molar-refractivity contribution in [3.63, 3.8) is 0 Å². The molecule has 104 valence electrons. The van der Waals surface area contributed by atoms with Gasteiger partial charge in [-0.05, 0) is 25.7 Å². The van der Waals surface area contributed by atoms with Crippen molar-refractivity contribution in [1.29, 1.82) is 0 Å². The Hall–Kier alpha value is -0.420. The predicted molar refractivity (Wildman–Crippen MR) is 72.1 cm³/mol. The van der Waals surface area contributed by atoms with Crippen LogP contribution in [0.2, 0.25) is 0 Å². The molecule has 4 nitrogen and oxygen atoms in total. The Labute approximate surface area is 110 Å². The second kappa shape index (κ2) is 6.66. The Morgan fingerprint density at radius 1 is 1.33 bits per heavy atom. The predicted octanol–water partition coefficient (Wildman–Crippen LogP) is 1.90. The maximum atomic E-state index is 5.86. The number of ether oxygens (including phenoxy) is 2. The molecule has 1 saturated heterocycles. The molecular formula is C14H26N2O2. The van der Waals surface area contributed by atoms with E-state index in [0.29, 0.717) is 0 Å². The lowest BCUT2D eigenvalue weighted by Gasteiger charge is -2.43. The van der Waals surface area contributed by atoms with Gasteiger partial charge in [-0.1, -0.05) is 18.1 Å². The molecule has 2 rings (SSSR count). The molecule has 3 N–H and O–H groups in total. The highest BCUT2D eigenvalue weighted by molar-refractivity contribution is 5.19. The SMILES string of the molecule is COC1(C(NN)C2=CCCCCC2)CCOCC1. The Morgan fingerprint density at radius 2 is 2.11 bits per heavy atom. The first kappa shape index (κ1) is 14.0.